The molecule has 1 atom stereocenters. The van der Waals surface area contributed by atoms with Crippen LogP contribution in [-0.4, -0.2) is 32.0 Å². The Morgan fingerprint density at radius 2 is 1.88 bits per heavy atom. The molecule has 0 radical (unpaired) electrons. The number of hydrogen-bond donors (Lipinski definition) is 1. The molecular weight excluding hydrogens is 446 g/mol. The number of hydrogen-bond acceptors (Lipinski definition) is 8. The number of aromatic nitrogens is 3. The molecule has 7 nitrogen and oxygen atoms in total. The van der Waals surface area contributed by atoms with Gasteiger partial charge in [-0.3, -0.25) is 9.97 Å². The number of ether oxygens (including phenoxy) is 1. The Hall–Kier alpha value is -3.43. The van der Waals surface area contributed by atoms with Crippen LogP contribution in [0.15, 0.2) is 48.2 Å². The molecule has 5 heterocycles. The molecule has 4 aromatic heterocycles. The minimum atomic E-state index is -0.930. The molecule has 0 spiro atoms. The third-order valence-corrected chi connectivity index (χ3v) is 6.70. The molecule has 1 unspecified atom stereocenters. The van der Waals surface area contributed by atoms with Gasteiger partial charge in [0.05, 0.1) is 22.5 Å². The Bertz CT molecular complexity index is 1300. The molecule has 4 aromatic rings. The molecule has 5 rings (SSSR count). The molecule has 32 heavy (non-hydrogen) atoms. The number of thiazole rings is 1. The highest BCUT2D eigenvalue weighted by Crippen LogP contribution is 2.32. The van der Waals surface area contributed by atoms with E-state index < -0.39 is 5.97 Å². The molecule has 1 aliphatic heterocycles. The molecule has 162 valence electrons. The van der Waals surface area contributed by atoms with Crippen molar-refractivity contribution in [3.05, 3.63) is 75.6 Å². The Balaban J connectivity index is 0.000000153. The molecule has 0 amide bonds. The second-order valence-electron chi connectivity index (χ2n) is 7.11. The van der Waals surface area contributed by atoms with Gasteiger partial charge in [-0.2, -0.15) is 0 Å². The van der Waals surface area contributed by atoms with E-state index in [0.29, 0.717) is 17.0 Å². The number of fused-ring (bicyclic) bond motifs is 1. The summed E-state index contributed by atoms with van der Waals surface area (Å²) < 4.78 is 5.09. The summed E-state index contributed by atoms with van der Waals surface area (Å²) in [5, 5.41) is 11.8. The lowest BCUT2D eigenvalue weighted by Crippen LogP contribution is -2.01. The molecule has 0 saturated carbocycles. The van der Waals surface area contributed by atoms with E-state index in [1.807, 2.05) is 31.4 Å². The topological polar surface area (TPSA) is 102 Å². The van der Waals surface area contributed by atoms with Crippen LogP contribution >= 0.6 is 22.7 Å². The van der Waals surface area contributed by atoms with Gasteiger partial charge in [-0.05, 0) is 45.0 Å². The van der Waals surface area contributed by atoms with E-state index in [4.69, 9.17) is 9.84 Å². The maximum atomic E-state index is 11.5. The first-order valence-electron chi connectivity index (χ1n) is 9.71. The number of thiophene rings is 1. The predicted molar refractivity (Wildman–Crippen MR) is 123 cm³/mol. The van der Waals surface area contributed by atoms with Crippen molar-refractivity contribution in [2.24, 2.45) is 0 Å². The monoisotopic (exact) mass is 465 g/mol. The zero-order valence-corrected chi connectivity index (χ0v) is 19.2. The van der Waals surface area contributed by atoms with Gasteiger partial charge in [-0.25, -0.2) is 14.6 Å². The van der Waals surface area contributed by atoms with Gasteiger partial charge >= 0.3 is 11.9 Å². The fraction of sp³-hybridized carbons (Fsp3) is 0.174. The smallest absolute Gasteiger partial charge is 0.340 e. The number of carboxylic acids is 1. The van der Waals surface area contributed by atoms with Crippen molar-refractivity contribution in [2.45, 2.75) is 26.9 Å². The molecule has 9 heteroatoms. The number of aromatic carboxylic acids is 1. The minimum Gasteiger partial charge on any atom is -0.478 e. The van der Waals surface area contributed by atoms with Crippen molar-refractivity contribution in [1.29, 1.82) is 0 Å². The van der Waals surface area contributed by atoms with Crippen LogP contribution in [0.4, 0.5) is 0 Å². The van der Waals surface area contributed by atoms with Gasteiger partial charge in [-0.15, -0.1) is 22.7 Å². The standard InChI is InChI=1S/C12H11NO2S.C11H8N2O2S/c1-7-3-4-11(16-7)9-5-10(12(14)15)8(2)13-6-9;1-6-9-8(11(14)15-6)4-7(5-13-9)10-12-2-3-16-10/h3-6H,1-2H3,(H,14,15);2-6H,1H3. The predicted octanol–water partition coefficient (Wildman–Crippen LogP) is 5.56. The third kappa shape index (κ3) is 4.44. The van der Waals surface area contributed by atoms with Gasteiger partial charge in [0, 0.05) is 44.9 Å². The Morgan fingerprint density at radius 1 is 1.09 bits per heavy atom. The van der Waals surface area contributed by atoms with E-state index in [1.165, 1.54) is 16.2 Å². The zero-order valence-electron chi connectivity index (χ0n) is 17.5. The summed E-state index contributed by atoms with van der Waals surface area (Å²) in [5.74, 6) is -1.23. The second-order valence-corrected chi connectivity index (χ2v) is 9.30. The fourth-order valence-corrected chi connectivity index (χ4v) is 4.67. The number of cyclic esters (lactones) is 1. The van der Waals surface area contributed by atoms with Crippen LogP contribution in [0.2, 0.25) is 0 Å². The summed E-state index contributed by atoms with van der Waals surface area (Å²) in [5.41, 5.74) is 3.81. The number of rotatable bonds is 3. The number of carboxylic acid groups (broad SMARTS) is 1. The van der Waals surface area contributed by atoms with E-state index >= 15 is 0 Å². The Kier molecular flexibility index (Phi) is 6.11. The molecule has 0 fully saturated rings. The lowest BCUT2D eigenvalue weighted by atomic mass is 10.1. The average Bonchev–Trinajstić information content (AvgIpc) is 3.51. The van der Waals surface area contributed by atoms with E-state index in [1.54, 1.807) is 49.0 Å². The Labute approximate surface area is 192 Å². The average molecular weight is 466 g/mol. The van der Waals surface area contributed by atoms with Crippen LogP contribution in [0.1, 0.15) is 50.0 Å². The first kappa shape index (κ1) is 21.8. The number of esters is 1. The number of nitrogens with zero attached hydrogens (tertiary/aromatic N) is 3. The number of pyridine rings is 2. The van der Waals surface area contributed by atoms with Crippen molar-refractivity contribution < 1.29 is 19.4 Å². The van der Waals surface area contributed by atoms with Crippen molar-refractivity contribution >= 4 is 34.6 Å². The van der Waals surface area contributed by atoms with Crippen LogP contribution in [0.5, 0.6) is 0 Å². The van der Waals surface area contributed by atoms with E-state index in [2.05, 4.69) is 15.0 Å². The third-order valence-electron chi connectivity index (χ3n) is 4.83. The summed E-state index contributed by atoms with van der Waals surface area (Å²) in [6.45, 7) is 5.54. The lowest BCUT2D eigenvalue weighted by Gasteiger charge is -2.02. The van der Waals surface area contributed by atoms with Crippen molar-refractivity contribution in [3.63, 3.8) is 0 Å². The molecule has 0 saturated heterocycles. The quantitative estimate of drug-likeness (QED) is 0.395. The van der Waals surface area contributed by atoms with E-state index in [-0.39, 0.29) is 17.6 Å². The van der Waals surface area contributed by atoms with Gasteiger partial charge < -0.3 is 9.84 Å². The summed E-state index contributed by atoms with van der Waals surface area (Å²) in [4.78, 5) is 37.3. The van der Waals surface area contributed by atoms with Gasteiger partial charge in [0.2, 0.25) is 0 Å². The molecule has 0 bridgehead atoms. The summed E-state index contributed by atoms with van der Waals surface area (Å²) in [7, 11) is 0. The maximum Gasteiger partial charge on any atom is 0.340 e. The van der Waals surface area contributed by atoms with Gasteiger partial charge in [-0.1, -0.05) is 0 Å². The minimum absolute atomic E-state index is 0.243. The van der Waals surface area contributed by atoms with Crippen molar-refractivity contribution in [3.8, 4) is 21.0 Å². The highest BCUT2D eigenvalue weighted by molar-refractivity contribution is 7.15. The van der Waals surface area contributed by atoms with Crippen LogP contribution < -0.4 is 0 Å². The highest BCUT2D eigenvalue weighted by atomic mass is 32.1. The van der Waals surface area contributed by atoms with Crippen molar-refractivity contribution in [2.75, 3.05) is 0 Å². The molecular formula is C23H19N3O4S2. The Morgan fingerprint density at radius 3 is 2.53 bits per heavy atom. The van der Waals surface area contributed by atoms with Gasteiger partial charge in [0.15, 0.2) is 0 Å². The molecule has 0 aromatic carbocycles. The fourth-order valence-electron chi connectivity index (χ4n) is 3.20. The van der Waals surface area contributed by atoms with E-state index in [9.17, 15) is 9.59 Å². The highest BCUT2D eigenvalue weighted by Gasteiger charge is 2.29. The first-order chi connectivity index (χ1) is 15.3. The number of carbonyl (C=O) groups is 2. The largest absolute Gasteiger partial charge is 0.478 e. The summed E-state index contributed by atoms with van der Waals surface area (Å²) in [6, 6.07) is 7.47. The normalized spacial score (nSPS) is 14.3. The maximum absolute atomic E-state index is 11.5. The number of aryl methyl sites for hydroxylation is 2. The molecule has 1 aliphatic rings. The van der Waals surface area contributed by atoms with Crippen LogP contribution in [0.25, 0.3) is 21.0 Å². The SMILES string of the molecule is CC1OC(=O)c2cc(-c3nccs3)cnc21.Cc1ccc(-c2cnc(C)c(C(=O)O)c2)s1. The molecule has 1 N–H and O–H groups in total. The van der Waals surface area contributed by atoms with Gasteiger partial charge in [0.1, 0.15) is 11.1 Å². The van der Waals surface area contributed by atoms with E-state index in [0.717, 1.165) is 21.0 Å². The second kappa shape index (κ2) is 8.97. The lowest BCUT2D eigenvalue weighted by molar-refractivity contribution is 0.0417. The van der Waals surface area contributed by atoms with Crippen LogP contribution in [0.3, 0.4) is 0 Å². The van der Waals surface area contributed by atoms with Crippen LogP contribution in [0, 0.1) is 13.8 Å². The van der Waals surface area contributed by atoms with Crippen molar-refractivity contribution in [1.82, 2.24) is 15.0 Å². The summed E-state index contributed by atoms with van der Waals surface area (Å²) in [6.07, 6.45) is 4.94. The molecule has 0 aliphatic carbocycles. The van der Waals surface area contributed by atoms with Crippen LogP contribution in [-0.2, 0) is 4.74 Å². The summed E-state index contributed by atoms with van der Waals surface area (Å²) >= 11 is 3.15. The zero-order chi connectivity index (χ0) is 22.8. The first-order valence-corrected chi connectivity index (χ1v) is 11.4. The van der Waals surface area contributed by atoms with Gasteiger partial charge in [0.25, 0.3) is 0 Å². The number of carbonyl (C=O) groups excluding carboxylic acids is 1.